The van der Waals surface area contributed by atoms with Crippen molar-refractivity contribution in [2.75, 3.05) is 12.4 Å². The number of anilines is 1. The van der Waals surface area contributed by atoms with Crippen LogP contribution < -0.4 is 10.1 Å². The maximum atomic E-state index is 13.2. The van der Waals surface area contributed by atoms with Crippen LogP contribution in [0, 0.1) is 27.7 Å². The normalized spacial score (nSPS) is 11.8. The first-order valence-electron chi connectivity index (χ1n) is 11.5. The number of benzene rings is 3. The van der Waals surface area contributed by atoms with Gasteiger partial charge in [-0.05, 0) is 70.0 Å². The van der Waals surface area contributed by atoms with Gasteiger partial charge in [0.2, 0.25) is 5.91 Å². The van der Waals surface area contributed by atoms with Crippen LogP contribution in [0.3, 0.4) is 0 Å². The first-order chi connectivity index (χ1) is 16.8. The van der Waals surface area contributed by atoms with Gasteiger partial charge in [-0.25, -0.2) is 0 Å². The summed E-state index contributed by atoms with van der Waals surface area (Å²) < 4.78 is 7.56. The summed E-state index contributed by atoms with van der Waals surface area (Å²) in [5, 5.41) is 12.3. The summed E-state index contributed by atoms with van der Waals surface area (Å²) >= 11 is 1.38. The van der Waals surface area contributed by atoms with Crippen LogP contribution >= 0.6 is 11.8 Å². The molecule has 0 saturated heterocycles. The molecule has 4 rings (SSSR count). The van der Waals surface area contributed by atoms with Crippen molar-refractivity contribution in [1.29, 1.82) is 0 Å². The van der Waals surface area contributed by atoms with E-state index in [1.807, 2.05) is 68.7 Å². The SMILES string of the molecule is COc1ccccc1-c1nnc(SC(C)C(=O)Nc2c(C)cc(C)cc2C)n1-c1ccc(C)cc1. The number of nitrogens with one attached hydrogen (secondary N) is 1. The molecular weight excluding hydrogens is 456 g/mol. The van der Waals surface area contributed by atoms with Gasteiger partial charge in [-0.2, -0.15) is 0 Å². The zero-order chi connectivity index (χ0) is 25.1. The van der Waals surface area contributed by atoms with Crippen molar-refractivity contribution in [3.8, 4) is 22.8 Å². The number of para-hydroxylation sites is 1. The van der Waals surface area contributed by atoms with E-state index in [9.17, 15) is 4.79 Å². The van der Waals surface area contributed by atoms with Crippen LogP contribution in [0.2, 0.25) is 0 Å². The molecule has 180 valence electrons. The van der Waals surface area contributed by atoms with Crippen LogP contribution in [0.25, 0.3) is 17.1 Å². The van der Waals surface area contributed by atoms with Gasteiger partial charge in [0.05, 0.1) is 17.9 Å². The highest BCUT2D eigenvalue weighted by Crippen LogP contribution is 2.35. The number of carbonyl (C=O) groups excluding carboxylic acids is 1. The molecule has 0 fully saturated rings. The van der Waals surface area contributed by atoms with Crippen molar-refractivity contribution >= 4 is 23.4 Å². The predicted octanol–water partition coefficient (Wildman–Crippen LogP) is 6.30. The zero-order valence-electron chi connectivity index (χ0n) is 20.9. The van der Waals surface area contributed by atoms with Gasteiger partial charge in [0.1, 0.15) is 5.75 Å². The monoisotopic (exact) mass is 486 g/mol. The molecule has 3 aromatic carbocycles. The summed E-state index contributed by atoms with van der Waals surface area (Å²) in [6.45, 7) is 10.0. The number of amides is 1. The Labute approximate surface area is 210 Å². The van der Waals surface area contributed by atoms with E-state index in [2.05, 4.69) is 46.7 Å². The molecule has 6 nitrogen and oxygen atoms in total. The molecule has 0 aliphatic heterocycles. The minimum atomic E-state index is -0.394. The Hall–Kier alpha value is -3.58. The van der Waals surface area contributed by atoms with E-state index in [-0.39, 0.29) is 5.91 Å². The van der Waals surface area contributed by atoms with E-state index in [1.54, 1.807) is 7.11 Å². The summed E-state index contributed by atoms with van der Waals surface area (Å²) in [5.74, 6) is 1.29. The molecule has 0 radical (unpaired) electrons. The van der Waals surface area contributed by atoms with Crippen molar-refractivity contribution < 1.29 is 9.53 Å². The first kappa shape index (κ1) is 24.5. The number of thioether (sulfide) groups is 1. The summed E-state index contributed by atoms with van der Waals surface area (Å²) in [5.41, 5.74) is 7.05. The molecule has 0 aliphatic carbocycles. The average Bonchev–Trinajstić information content (AvgIpc) is 3.24. The number of methoxy groups -OCH3 is 1. The standard InChI is InChI=1S/C28H30N4O2S/c1-17-11-13-22(14-12-17)32-26(23-9-7-8-10-24(23)34-6)30-31-28(32)35-21(5)27(33)29-25-19(3)15-18(2)16-20(25)4/h7-16,21H,1-6H3,(H,29,33). The van der Waals surface area contributed by atoms with E-state index in [0.29, 0.717) is 16.7 Å². The molecule has 35 heavy (non-hydrogen) atoms. The third-order valence-corrected chi connectivity index (χ3v) is 6.89. The lowest BCUT2D eigenvalue weighted by atomic mass is 10.1. The van der Waals surface area contributed by atoms with Gasteiger partial charge in [-0.3, -0.25) is 9.36 Å². The fraction of sp³-hybridized carbons (Fsp3) is 0.250. The van der Waals surface area contributed by atoms with Gasteiger partial charge in [0.15, 0.2) is 11.0 Å². The summed E-state index contributed by atoms with van der Waals surface area (Å²) in [4.78, 5) is 13.2. The number of rotatable bonds is 7. The maximum Gasteiger partial charge on any atom is 0.237 e. The van der Waals surface area contributed by atoms with Gasteiger partial charge in [-0.15, -0.1) is 10.2 Å². The number of aromatic nitrogens is 3. The number of hydrogen-bond acceptors (Lipinski definition) is 5. The van der Waals surface area contributed by atoms with Crippen LogP contribution in [-0.2, 0) is 4.79 Å². The third-order valence-electron chi connectivity index (χ3n) is 5.85. The zero-order valence-corrected chi connectivity index (χ0v) is 21.7. The Morgan fingerprint density at radius 2 is 1.60 bits per heavy atom. The van der Waals surface area contributed by atoms with Crippen molar-refractivity contribution in [3.05, 3.63) is 82.9 Å². The molecule has 4 aromatic rings. The van der Waals surface area contributed by atoms with E-state index in [0.717, 1.165) is 33.6 Å². The molecule has 1 amide bonds. The molecule has 1 heterocycles. The molecule has 0 spiro atoms. The molecule has 1 aromatic heterocycles. The second kappa shape index (κ2) is 10.4. The van der Waals surface area contributed by atoms with Gasteiger partial charge in [0, 0.05) is 11.4 Å². The van der Waals surface area contributed by atoms with E-state index >= 15 is 0 Å². The Morgan fingerprint density at radius 3 is 2.26 bits per heavy atom. The van der Waals surface area contributed by atoms with Crippen LogP contribution in [0.1, 0.15) is 29.2 Å². The Balaban J connectivity index is 1.69. The minimum absolute atomic E-state index is 0.0812. The highest BCUT2D eigenvalue weighted by Gasteiger charge is 2.24. The van der Waals surface area contributed by atoms with Crippen molar-refractivity contribution in [3.63, 3.8) is 0 Å². The molecule has 1 N–H and O–H groups in total. The molecule has 0 saturated carbocycles. The summed E-state index contributed by atoms with van der Waals surface area (Å²) in [7, 11) is 1.64. The summed E-state index contributed by atoms with van der Waals surface area (Å²) in [6, 6.07) is 20.1. The Morgan fingerprint density at radius 1 is 0.943 bits per heavy atom. The molecular formula is C28H30N4O2S. The molecule has 7 heteroatoms. The van der Waals surface area contributed by atoms with Crippen LogP contribution in [-0.4, -0.2) is 33.0 Å². The number of hydrogen-bond donors (Lipinski definition) is 1. The smallest absolute Gasteiger partial charge is 0.237 e. The van der Waals surface area contributed by atoms with E-state index < -0.39 is 5.25 Å². The number of carbonyl (C=O) groups is 1. The fourth-order valence-electron chi connectivity index (χ4n) is 4.09. The Kier molecular flexibility index (Phi) is 7.26. The second-order valence-electron chi connectivity index (χ2n) is 8.70. The van der Waals surface area contributed by atoms with Gasteiger partial charge < -0.3 is 10.1 Å². The lowest BCUT2D eigenvalue weighted by Gasteiger charge is -2.17. The maximum absolute atomic E-state index is 13.2. The molecule has 1 unspecified atom stereocenters. The second-order valence-corrected chi connectivity index (χ2v) is 10.0. The molecule has 1 atom stereocenters. The van der Waals surface area contributed by atoms with Crippen LogP contribution in [0.4, 0.5) is 5.69 Å². The van der Waals surface area contributed by atoms with E-state index in [1.165, 1.54) is 17.3 Å². The van der Waals surface area contributed by atoms with Gasteiger partial charge in [-0.1, -0.05) is 59.3 Å². The lowest BCUT2D eigenvalue weighted by molar-refractivity contribution is -0.115. The topological polar surface area (TPSA) is 69.0 Å². The van der Waals surface area contributed by atoms with Crippen molar-refractivity contribution in [2.45, 2.75) is 45.0 Å². The van der Waals surface area contributed by atoms with Crippen LogP contribution in [0.15, 0.2) is 65.8 Å². The highest BCUT2D eigenvalue weighted by molar-refractivity contribution is 8.00. The Bertz CT molecular complexity index is 1340. The lowest BCUT2D eigenvalue weighted by Crippen LogP contribution is -2.24. The predicted molar refractivity (Wildman–Crippen MR) is 143 cm³/mol. The number of nitrogens with zero attached hydrogens (tertiary/aromatic N) is 3. The van der Waals surface area contributed by atoms with Crippen molar-refractivity contribution in [2.24, 2.45) is 0 Å². The summed E-state index contributed by atoms with van der Waals surface area (Å²) in [6.07, 6.45) is 0. The van der Waals surface area contributed by atoms with Crippen molar-refractivity contribution in [1.82, 2.24) is 14.8 Å². The van der Waals surface area contributed by atoms with E-state index in [4.69, 9.17) is 4.74 Å². The first-order valence-corrected chi connectivity index (χ1v) is 12.4. The number of ether oxygens (including phenoxy) is 1. The fourth-order valence-corrected chi connectivity index (χ4v) is 4.96. The van der Waals surface area contributed by atoms with Crippen LogP contribution in [0.5, 0.6) is 5.75 Å². The highest BCUT2D eigenvalue weighted by atomic mass is 32.2. The van der Waals surface area contributed by atoms with Gasteiger partial charge in [0.25, 0.3) is 0 Å². The number of aryl methyl sites for hydroxylation is 4. The largest absolute Gasteiger partial charge is 0.496 e. The minimum Gasteiger partial charge on any atom is -0.496 e. The van der Waals surface area contributed by atoms with Gasteiger partial charge >= 0.3 is 0 Å². The molecule has 0 bridgehead atoms. The quantitative estimate of drug-likeness (QED) is 0.311. The average molecular weight is 487 g/mol. The third kappa shape index (κ3) is 5.25. The molecule has 0 aliphatic rings.